The van der Waals surface area contributed by atoms with Gasteiger partial charge in [-0.25, -0.2) is 0 Å². The van der Waals surface area contributed by atoms with E-state index in [1.165, 1.54) is 0 Å². The maximum Gasteiger partial charge on any atom is 0.253 e. The van der Waals surface area contributed by atoms with Crippen LogP contribution in [0, 0.1) is 12.8 Å². The van der Waals surface area contributed by atoms with Crippen molar-refractivity contribution >= 4 is 11.8 Å². The van der Waals surface area contributed by atoms with Gasteiger partial charge in [-0.3, -0.25) is 9.59 Å². The summed E-state index contributed by atoms with van der Waals surface area (Å²) < 4.78 is 5.65. The Balaban J connectivity index is 1.53. The quantitative estimate of drug-likeness (QED) is 0.923. The summed E-state index contributed by atoms with van der Waals surface area (Å²) in [5, 5.41) is 2.98. The molecule has 2 fully saturated rings. The molecular weight excluding hydrogens is 304 g/mol. The topological polar surface area (TPSA) is 62.6 Å². The van der Waals surface area contributed by atoms with Gasteiger partial charge >= 0.3 is 0 Å². The highest BCUT2D eigenvalue weighted by Gasteiger charge is 2.38. The van der Waals surface area contributed by atoms with Crippen molar-refractivity contribution in [2.45, 2.75) is 25.8 Å². The van der Waals surface area contributed by atoms with Gasteiger partial charge in [-0.2, -0.15) is 0 Å². The summed E-state index contributed by atoms with van der Waals surface area (Å²) in [6, 6.07) is 11.5. The first-order valence-electron chi connectivity index (χ1n) is 8.35. The van der Waals surface area contributed by atoms with Gasteiger partial charge < -0.3 is 14.6 Å². The molecular formula is C19H20N2O3. The van der Waals surface area contributed by atoms with E-state index < -0.39 is 0 Å². The van der Waals surface area contributed by atoms with E-state index in [0.717, 1.165) is 23.5 Å². The van der Waals surface area contributed by atoms with Crippen molar-refractivity contribution in [3.63, 3.8) is 0 Å². The van der Waals surface area contributed by atoms with Crippen LogP contribution in [0.25, 0.3) is 11.3 Å². The smallest absolute Gasteiger partial charge is 0.253 e. The third-order valence-electron chi connectivity index (χ3n) is 4.97. The Kier molecular flexibility index (Phi) is 3.63. The van der Waals surface area contributed by atoms with E-state index in [1.54, 1.807) is 0 Å². The van der Waals surface area contributed by atoms with Crippen LogP contribution < -0.4 is 5.32 Å². The Hall–Kier alpha value is -2.56. The van der Waals surface area contributed by atoms with Crippen LogP contribution in [0.5, 0.6) is 0 Å². The summed E-state index contributed by atoms with van der Waals surface area (Å²) >= 11 is 0. The lowest BCUT2D eigenvalue weighted by molar-refractivity contribution is -0.119. The number of nitrogens with zero attached hydrogens (tertiary/aromatic N) is 1. The Labute approximate surface area is 140 Å². The predicted octanol–water partition coefficient (Wildman–Crippen LogP) is 2.61. The zero-order valence-electron chi connectivity index (χ0n) is 13.6. The molecule has 0 saturated carbocycles. The van der Waals surface area contributed by atoms with E-state index in [0.29, 0.717) is 31.0 Å². The second kappa shape index (κ2) is 5.82. The van der Waals surface area contributed by atoms with E-state index in [2.05, 4.69) is 5.32 Å². The first-order valence-corrected chi connectivity index (χ1v) is 8.35. The molecule has 5 nitrogen and oxygen atoms in total. The SMILES string of the molecule is Cc1ccc(-c2cccc(C(=O)N3CC[C@@H]4CC(=O)N[C@@H]4C3)c2)o1. The molecule has 0 spiro atoms. The summed E-state index contributed by atoms with van der Waals surface area (Å²) in [7, 11) is 0. The van der Waals surface area contributed by atoms with Gasteiger partial charge in [0.1, 0.15) is 11.5 Å². The molecule has 0 aliphatic carbocycles. The molecule has 5 heteroatoms. The zero-order chi connectivity index (χ0) is 16.7. The number of hydrogen-bond donors (Lipinski definition) is 1. The summed E-state index contributed by atoms with van der Waals surface area (Å²) in [6.45, 7) is 3.21. The molecule has 0 bridgehead atoms. The fourth-order valence-corrected chi connectivity index (χ4v) is 3.67. The lowest BCUT2D eigenvalue weighted by Gasteiger charge is -2.34. The molecule has 24 heavy (non-hydrogen) atoms. The number of likely N-dealkylation sites (tertiary alicyclic amines) is 1. The van der Waals surface area contributed by atoms with E-state index in [1.807, 2.05) is 48.2 Å². The lowest BCUT2D eigenvalue weighted by atomic mass is 9.92. The van der Waals surface area contributed by atoms with Gasteiger partial charge in [-0.05, 0) is 43.5 Å². The van der Waals surface area contributed by atoms with Crippen molar-refractivity contribution in [3.05, 3.63) is 47.7 Å². The van der Waals surface area contributed by atoms with Gasteiger partial charge in [0, 0.05) is 36.7 Å². The number of aryl methyl sites for hydroxylation is 1. The van der Waals surface area contributed by atoms with Crippen LogP contribution in [-0.4, -0.2) is 35.8 Å². The number of hydrogen-bond acceptors (Lipinski definition) is 3. The third-order valence-corrected chi connectivity index (χ3v) is 4.97. The van der Waals surface area contributed by atoms with E-state index in [4.69, 9.17) is 4.42 Å². The largest absolute Gasteiger partial charge is 0.461 e. The van der Waals surface area contributed by atoms with Crippen molar-refractivity contribution in [3.8, 4) is 11.3 Å². The Morgan fingerprint density at radius 2 is 2.17 bits per heavy atom. The molecule has 4 rings (SSSR count). The number of furan rings is 1. The highest BCUT2D eigenvalue weighted by atomic mass is 16.3. The van der Waals surface area contributed by atoms with Gasteiger partial charge in [0.25, 0.3) is 5.91 Å². The minimum absolute atomic E-state index is 0.0136. The molecule has 1 aromatic heterocycles. The maximum absolute atomic E-state index is 12.8. The van der Waals surface area contributed by atoms with Crippen LogP contribution in [0.1, 0.15) is 29.0 Å². The molecule has 2 aliphatic heterocycles. The summed E-state index contributed by atoms with van der Waals surface area (Å²) in [5.41, 5.74) is 1.56. The normalized spacial score (nSPS) is 23.0. The molecule has 2 aliphatic rings. The average molecular weight is 324 g/mol. The van der Waals surface area contributed by atoms with Gasteiger partial charge in [-0.1, -0.05) is 12.1 Å². The number of amides is 2. The summed E-state index contributed by atoms with van der Waals surface area (Å²) in [6.07, 6.45) is 1.48. The van der Waals surface area contributed by atoms with Crippen LogP contribution in [0.3, 0.4) is 0 Å². The number of benzene rings is 1. The molecule has 124 valence electrons. The highest BCUT2D eigenvalue weighted by molar-refractivity contribution is 5.95. The van der Waals surface area contributed by atoms with Crippen molar-refractivity contribution < 1.29 is 14.0 Å². The van der Waals surface area contributed by atoms with Crippen LogP contribution in [0.4, 0.5) is 0 Å². The van der Waals surface area contributed by atoms with Crippen molar-refractivity contribution in [2.75, 3.05) is 13.1 Å². The van der Waals surface area contributed by atoms with Gasteiger partial charge in [0.2, 0.25) is 5.91 Å². The van der Waals surface area contributed by atoms with Crippen molar-refractivity contribution in [1.29, 1.82) is 0 Å². The number of rotatable bonds is 2. The predicted molar refractivity (Wildman–Crippen MR) is 89.4 cm³/mol. The molecule has 1 aromatic carbocycles. The van der Waals surface area contributed by atoms with E-state index >= 15 is 0 Å². The Morgan fingerprint density at radius 1 is 1.29 bits per heavy atom. The molecule has 2 aromatic rings. The summed E-state index contributed by atoms with van der Waals surface area (Å²) in [4.78, 5) is 26.2. The zero-order valence-corrected chi connectivity index (χ0v) is 13.6. The average Bonchev–Trinajstić information content (AvgIpc) is 3.18. The fraction of sp³-hybridized carbons (Fsp3) is 0.368. The first-order chi connectivity index (χ1) is 11.6. The van der Waals surface area contributed by atoms with Crippen LogP contribution in [0.15, 0.2) is 40.8 Å². The molecule has 1 N–H and O–H groups in total. The molecule has 3 heterocycles. The van der Waals surface area contributed by atoms with Gasteiger partial charge in [0.05, 0.1) is 0 Å². The molecule has 2 atom stereocenters. The Morgan fingerprint density at radius 3 is 2.96 bits per heavy atom. The second-order valence-corrected chi connectivity index (χ2v) is 6.67. The molecule has 0 unspecified atom stereocenters. The van der Waals surface area contributed by atoms with Crippen molar-refractivity contribution in [2.24, 2.45) is 5.92 Å². The number of nitrogens with one attached hydrogen (secondary N) is 1. The second-order valence-electron chi connectivity index (χ2n) is 6.67. The minimum Gasteiger partial charge on any atom is -0.461 e. The number of piperidine rings is 1. The van der Waals surface area contributed by atoms with Gasteiger partial charge in [-0.15, -0.1) is 0 Å². The highest BCUT2D eigenvalue weighted by Crippen LogP contribution is 2.28. The Bertz CT molecular complexity index is 795. The number of carbonyl (C=O) groups is 2. The van der Waals surface area contributed by atoms with Crippen LogP contribution >= 0.6 is 0 Å². The minimum atomic E-state index is 0.0136. The monoisotopic (exact) mass is 324 g/mol. The summed E-state index contributed by atoms with van der Waals surface area (Å²) in [5.74, 6) is 2.11. The fourth-order valence-electron chi connectivity index (χ4n) is 3.67. The molecule has 2 saturated heterocycles. The number of fused-ring (bicyclic) bond motifs is 1. The maximum atomic E-state index is 12.8. The molecule has 2 amide bonds. The van der Waals surface area contributed by atoms with Gasteiger partial charge in [0.15, 0.2) is 0 Å². The first kappa shape index (κ1) is 15.0. The van der Waals surface area contributed by atoms with Crippen LogP contribution in [0.2, 0.25) is 0 Å². The van der Waals surface area contributed by atoms with Crippen molar-refractivity contribution in [1.82, 2.24) is 10.2 Å². The standard InChI is InChI=1S/C19H20N2O3/c1-12-5-6-17(24-12)14-3-2-4-15(9-14)19(23)21-8-7-13-10-18(22)20-16(13)11-21/h2-6,9,13,16H,7-8,10-11H2,1H3,(H,20,22)/t13-,16-/m1/s1. The lowest BCUT2D eigenvalue weighted by Crippen LogP contribution is -2.49. The van der Waals surface area contributed by atoms with E-state index in [-0.39, 0.29) is 17.9 Å². The molecule has 0 radical (unpaired) electrons. The third kappa shape index (κ3) is 2.70. The number of carbonyl (C=O) groups excluding carboxylic acids is 2. The van der Waals surface area contributed by atoms with Crippen LogP contribution in [-0.2, 0) is 4.79 Å². The van der Waals surface area contributed by atoms with E-state index in [9.17, 15) is 9.59 Å².